The average Bonchev–Trinajstić information content (AvgIpc) is 2.44. The minimum Gasteiger partial charge on any atom is -0.466 e. The molecule has 0 aliphatic carbocycles. The molecule has 0 saturated carbocycles. The van der Waals surface area contributed by atoms with Gasteiger partial charge < -0.3 is 15.4 Å². The van der Waals surface area contributed by atoms with Crippen LogP contribution in [0.4, 0.5) is 11.8 Å². The van der Waals surface area contributed by atoms with E-state index in [9.17, 15) is 4.79 Å². The normalized spacial score (nSPS) is 10.2. The predicted octanol–water partition coefficient (Wildman–Crippen LogP) is 2.71. The van der Waals surface area contributed by atoms with Crippen LogP contribution in [0.5, 0.6) is 0 Å². The number of carbonyl (C=O) groups excluding carboxylic acids is 1. The molecule has 0 saturated heterocycles. The van der Waals surface area contributed by atoms with Crippen LogP contribution < -0.4 is 10.6 Å². The fraction of sp³-hybridized carbons (Fsp3) is 0.615. The fourth-order valence-electron chi connectivity index (χ4n) is 1.49. The molecule has 0 fully saturated rings. The van der Waals surface area contributed by atoms with Crippen molar-refractivity contribution in [1.82, 2.24) is 9.97 Å². The first-order valence-electron chi connectivity index (χ1n) is 6.83. The molecule has 7 heteroatoms. The van der Waals surface area contributed by atoms with Crippen LogP contribution >= 0.6 is 11.6 Å². The molecule has 0 aromatic carbocycles. The molecule has 20 heavy (non-hydrogen) atoms. The number of aromatic nitrogens is 2. The molecule has 0 aliphatic rings. The van der Waals surface area contributed by atoms with Gasteiger partial charge in [-0.1, -0.05) is 18.5 Å². The Labute approximate surface area is 124 Å². The maximum absolute atomic E-state index is 11.2. The SMILES string of the molecule is CCCNc1ncc(Cl)c(NCCCC(=O)OCC)n1. The van der Waals surface area contributed by atoms with Crippen LogP contribution in [0, 0.1) is 0 Å². The van der Waals surface area contributed by atoms with Crippen LogP contribution in [0.1, 0.15) is 33.1 Å². The van der Waals surface area contributed by atoms with E-state index in [-0.39, 0.29) is 5.97 Å². The van der Waals surface area contributed by atoms with Gasteiger partial charge in [-0.2, -0.15) is 4.98 Å². The Kier molecular flexibility index (Phi) is 7.72. The lowest BCUT2D eigenvalue weighted by atomic mass is 10.3. The van der Waals surface area contributed by atoms with Crippen molar-refractivity contribution in [3.05, 3.63) is 11.2 Å². The van der Waals surface area contributed by atoms with E-state index < -0.39 is 0 Å². The lowest BCUT2D eigenvalue weighted by molar-refractivity contribution is -0.143. The number of carbonyl (C=O) groups is 1. The van der Waals surface area contributed by atoms with Gasteiger partial charge >= 0.3 is 5.97 Å². The van der Waals surface area contributed by atoms with Gasteiger partial charge in [0, 0.05) is 19.5 Å². The lowest BCUT2D eigenvalue weighted by Gasteiger charge is -2.09. The number of nitrogens with one attached hydrogen (secondary N) is 2. The largest absolute Gasteiger partial charge is 0.466 e. The monoisotopic (exact) mass is 300 g/mol. The summed E-state index contributed by atoms with van der Waals surface area (Å²) in [6.45, 7) is 5.68. The molecule has 0 aliphatic heterocycles. The first-order valence-corrected chi connectivity index (χ1v) is 7.21. The van der Waals surface area contributed by atoms with Crippen LogP contribution in [-0.2, 0) is 9.53 Å². The van der Waals surface area contributed by atoms with Gasteiger partial charge in [0.1, 0.15) is 10.8 Å². The Balaban J connectivity index is 2.40. The van der Waals surface area contributed by atoms with Crippen molar-refractivity contribution in [3.63, 3.8) is 0 Å². The van der Waals surface area contributed by atoms with Crippen LogP contribution in [0.25, 0.3) is 0 Å². The summed E-state index contributed by atoms with van der Waals surface area (Å²) in [5.74, 6) is 0.932. The number of nitrogens with zero attached hydrogens (tertiary/aromatic N) is 2. The fourth-order valence-corrected chi connectivity index (χ4v) is 1.64. The maximum Gasteiger partial charge on any atom is 0.305 e. The van der Waals surface area contributed by atoms with Gasteiger partial charge in [0.05, 0.1) is 12.8 Å². The Hall–Kier alpha value is -1.56. The number of halogens is 1. The summed E-state index contributed by atoms with van der Waals surface area (Å²) in [5.41, 5.74) is 0. The van der Waals surface area contributed by atoms with Crippen molar-refractivity contribution in [2.45, 2.75) is 33.1 Å². The summed E-state index contributed by atoms with van der Waals surface area (Å²) in [7, 11) is 0. The van der Waals surface area contributed by atoms with Gasteiger partial charge in [-0.25, -0.2) is 4.98 Å². The number of esters is 1. The van der Waals surface area contributed by atoms with E-state index in [0.29, 0.717) is 42.8 Å². The minimum atomic E-state index is -0.187. The van der Waals surface area contributed by atoms with Gasteiger partial charge in [-0.3, -0.25) is 4.79 Å². The summed E-state index contributed by atoms with van der Waals surface area (Å²) < 4.78 is 4.85. The standard InChI is InChI=1S/C13H21ClN4O2/c1-3-7-16-13-17-9-10(14)12(18-13)15-8-5-6-11(19)20-4-2/h9H,3-8H2,1-2H3,(H2,15,16,17,18). The Bertz CT molecular complexity index is 429. The third kappa shape index (κ3) is 6.06. The molecule has 0 bridgehead atoms. The first-order chi connectivity index (χ1) is 9.67. The van der Waals surface area contributed by atoms with E-state index in [1.807, 2.05) is 0 Å². The summed E-state index contributed by atoms with van der Waals surface area (Å²) in [5, 5.41) is 6.65. The molecule has 2 N–H and O–H groups in total. The van der Waals surface area contributed by atoms with Crippen molar-refractivity contribution in [2.24, 2.45) is 0 Å². The molecule has 0 atom stereocenters. The second kappa shape index (κ2) is 9.36. The number of hydrogen-bond donors (Lipinski definition) is 2. The average molecular weight is 301 g/mol. The third-order valence-corrected chi connectivity index (χ3v) is 2.71. The first kappa shape index (κ1) is 16.5. The quantitative estimate of drug-likeness (QED) is 0.539. The number of ether oxygens (including phenoxy) is 1. The van der Waals surface area contributed by atoms with Crippen molar-refractivity contribution >= 4 is 29.3 Å². The van der Waals surface area contributed by atoms with E-state index in [1.54, 1.807) is 13.1 Å². The highest BCUT2D eigenvalue weighted by Crippen LogP contribution is 2.19. The van der Waals surface area contributed by atoms with Crippen molar-refractivity contribution < 1.29 is 9.53 Å². The van der Waals surface area contributed by atoms with E-state index >= 15 is 0 Å². The summed E-state index contributed by atoms with van der Waals surface area (Å²) in [6, 6.07) is 0. The topological polar surface area (TPSA) is 76.1 Å². The predicted molar refractivity (Wildman–Crippen MR) is 80.2 cm³/mol. The van der Waals surface area contributed by atoms with Crippen LogP contribution in [-0.4, -0.2) is 35.6 Å². The zero-order valence-electron chi connectivity index (χ0n) is 11.9. The van der Waals surface area contributed by atoms with Crippen molar-refractivity contribution in [2.75, 3.05) is 30.3 Å². The molecule has 0 unspecified atom stereocenters. The molecule has 1 aromatic heterocycles. The highest BCUT2D eigenvalue weighted by atomic mass is 35.5. The molecule has 0 radical (unpaired) electrons. The van der Waals surface area contributed by atoms with E-state index in [2.05, 4.69) is 27.5 Å². The lowest BCUT2D eigenvalue weighted by Crippen LogP contribution is -2.11. The smallest absolute Gasteiger partial charge is 0.305 e. The van der Waals surface area contributed by atoms with Crippen LogP contribution in [0.3, 0.4) is 0 Å². The number of anilines is 2. The summed E-state index contributed by atoms with van der Waals surface area (Å²) in [6.07, 6.45) is 3.59. The zero-order valence-corrected chi connectivity index (χ0v) is 12.7. The Morgan fingerprint density at radius 1 is 1.35 bits per heavy atom. The molecule has 6 nitrogen and oxygen atoms in total. The van der Waals surface area contributed by atoms with Gasteiger partial charge in [0.15, 0.2) is 0 Å². The van der Waals surface area contributed by atoms with Gasteiger partial charge in [0.25, 0.3) is 0 Å². The summed E-state index contributed by atoms with van der Waals surface area (Å²) >= 11 is 6.01. The molecule has 0 spiro atoms. The zero-order chi connectivity index (χ0) is 14.8. The second-order valence-corrected chi connectivity index (χ2v) is 4.56. The van der Waals surface area contributed by atoms with E-state index in [1.165, 1.54) is 0 Å². The van der Waals surface area contributed by atoms with Crippen LogP contribution in [0.15, 0.2) is 6.20 Å². The highest BCUT2D eigenvalue weighted by Gasteiger charge is 2.06. The van der Waals surface area contributed by atoms with Crippen molar-refractivity contribution in [1.29, 1.82) is 0 Å². The number of hydrogen-bond acceptors (Lipinski definition) is 6. The van der Waals surface area contributed by atoms with Crippen molar-refractivity contribution in [3.8, 4) is 0 Å². The molecule has 0 amide bonds. The third-order valence-electron chi connectivity index (χ3n) is 2.43. The molecule has 1 rings (SSSR count). The van der Waals surface area contributed by atoms with E-state index in [4.69, 9.17) is 16.3 Å². The maximum atomic E-state index is 11.2. The molecule has 1 heterocycles. The molecular weight excluding hydrogens is 280 g/mol. The van der Waals surface area contributed by atoms with E-state index in [0.717, 1.165) is 13.0 Å². The minimum absolute atomic E-state index is 0.187. The second-order valence-electron chi connectivity index (χ2n) is 4.15. The summed E-state index contributed by atoms with van der Waals surface area (Å²) in [4.78, 5) is 19.6. The highest BCUT2D eigenvalue weighted by molar-refractivity contribution is 6.32. The van der Waals surface area contributed by atoms with Gasteiger partial charge in [-0.15, -0.1) is 0 Å². The Morgan fingerprint density at radius 2 is 2.15 bits per heavy atom. The molecule has 1 aromatic rings. The Morgan fingerprint density at radius 3 is 2.85 bits per heavy atom. The number of rotatable bonds is 9. The molecular formula is C13H21ClN4O2. The van der Waals surface area contributed by atoms with Crippen LogP contribution in [0.2, 0.25) is 5.02 Å². The van der Waals surface area contributed by atoms with Gasteiger partial charge in [-0.05, 0) is 19.8 Å². The van der Waals surface area contributed by atoms with Gasteiger partial charge in [0.2, 0.25) is 5.95 Å². The molecule has 112 valence electrons.